The molecule has 1 fully saturated rings. The van der Waals surface area contributed by atoms with E-state index in [4.69, 9.17) is 0 Å². The Labute approximate surface area is 189 Å². The number of nitrogens with zero attached hydrogens (tertiary/aromatic N) is 3. The molecule has 0 bridgehead atoms. The van der Waals surface area contributed by atoms with E-state index in [1.165, 1.54) is 0 Å². The van der Waals surface area contributed by atoms with Crippen molar-refractivity contribution in [3.05, 3.63) is 72.6 Å². The lowest BCUT2D eigenvalue weighted by molar-refractivity contribution is -0.174. The van der Waals surface area contributed by atoms with E-state index in [9.17, 15) is 18.0 Å². The summed E-state index contributed by atoms with van der Waals surface area (Å²) in [5.74, 6) is -1.87. The van der Waals surface area contributed by atoms with E-state index in [0.717, 1.165) is 33.8 Å². The Morgan fingerprint density at radius 3 is 2.52 bits per heavy atom. The number of carbonyl (C=O) groups is 1. The molecule has 1 saturated heterocycles. The van der Waals surface area contributed by atoms with E-state index in [1.54, 1.807) is 12.4 Å². The number of rotatable bonds is 2. The van der Waals surface area contributed by atoms with Gasteiger partial charge in [0.1, 0.15) is 0 Å². The number of pyridine rings is 1. The number of aromatic nitrogens is 1. The fraction of sp³-hybridized carbons (Fsp3) is 0.280. The average molecular weight is 452 g/mol. The van der Waals surface area contributed by atoms with Crippen molar-refractivity contribution in [1.82, 2.24) is 10.3 Å². The van der Waals surface area contributed by atoms with Gasteiger partial charge >= 0.3 is 12.1 Å². The maximum atomic E-state index is 12.8. The molecule has 0 radical (unpaired) electrons. The minimum absolute atomic E-state index is 0.149. The third-order valence-electron chi connectivity index (χ3n) is 6.51. The van der Waals surface area contributed by atoms with Crippen molar-refractivity contribution in [2.24, 2.45) is 0 Å². The number of fused-ring (bicyclic) bond motifs is 5. The highest BCUT2D eigenvalue weighted by atomic mass is 19.4. The van der Waals surface area contributed by atoms with Gasteiger partial charge in [-0.15, -0.1) is 0 Å². The first-order valence-corrected chi connectivity index (χ1v) is 10.8. The molecule has 0 spiro atoms. The van der Waals surface area contributed by atoms with Crippen LogP contribution < -0.4 is 15.1 Å². The molecule has 1 amide bonds. The quantitative estimate of drug-likeness (QED) is 0.579. The summed E-state index contributed by atoms with van der Waals surface area (Å²) < 4.78 is 38.5. The lowest BCUT2D eigenvalue weighted by Crippen LogP contribution is -2.49. The van der Waals surface area contributed by atoms with Crippen LogP contribution in [-0.2, 0) is 4.79 Å². The van der Waals surface area contributed by atoms with Crippen molar-refractivity contribution >= 4 is 23.0 Å². The molecule has 0 saturated carbocycles. The Hall–Kier alpha value is -3.55. The highest BCUT2D eigenvalue weighted by molar-refractivity contribution is 5.86. The molecule has 2 aliphatic rings. The van der Waals surface area contributed by atoms with Gasteiger partial charge in [0, 0.05) is 37.7 Å². The number of amides is 1. The van der Waals surface area contributed by atoms with Crippen LogP contribution in [0, 0.1) is 0 Å². The van der Waals surface area contributed by atoms with E-state index in [0.29, 0.717) is 19.4 Å². The molecule has 170 valence electrons. The van der Waals surface area contributed by atoms with E-state index >= 15 is 0 Å². The van der Waals surface area contributed by atoms with Crippen LogP contribution in [-0.4, -0.2) is 36.7 Å². The molecule has 1 N–H and O–H groups in total. The number of halogens is 3. The van der Waals surface area contributed by atoms with Crippen molar-refractivity contribution < 1.29 is 18.0 Å². The number of hydrogen-bond acceptors (Lipinski definition) is 4. The number of para-hydroxylation sites is 1. The molecule has 2 atom stereocenters. The molecule has 33 heavy (non-hydrogen) atoms. The first kappa shape index (κ1) is 21.3. The highest BCUT2D eigenvalue weighted by Gasteiger charge is 2.42. The Morgan fingerprint density at radius 2 is 1.76 bits per heavy atom. The van der Waals surface area contributed by atoms with Crippen LogP contribution >= 0.6 is 0 Å². The number of piperidine rings is 1. The van der Waals surface area contributed by atoms with Crippen LogP contribution in [0.4, 0.5) is 30.2 Å². The summed E-state index contributed by atoms with van der Waals surface area (Å²) >= 11 is 0. The van der Waals surface area contributed by atoms with E-state index < -0.39 is 18.1 Å². The van der Waals surface area contributed by atoms with Gasteiger partial charge in [-0.05, 0) is 59.9 Å². The Morgan fingerprint density at radius 1 is 1.00 bits per heavy atom. The third kappa shape index (κ3) is 3.90. The molecular weight excluding hydrogens is 429 g/mol. The molecule has 8 heteroatoms. The van der Waals surface area contributed by atoms with Gasteiger partial charge in [0.2, 0.25) is 0 Å². The summed E-state index contributed by atoms with van der Waals surface area (Å²) in [5.41, 5.74) is 6.21. The lowest BCUT2D eigenvalue weighted by atomic mass is 9.90. The van der Waals surface area contributed by atoms with Gasteiger partial charge in [-0.25, -0.2) is 0 Å². The highest BCUT2D eigenvalue weighted by Crippen LogP contribution is 2.48. The molecule has 5 nitrogen and oxygen atoms in total. The van der Waals surface area contributed by atoms with Crippen LogP contribution in [0.5, 0.6) is 0 Å². The van der Waals surface area contributed by atoms with Gasteiger partial charge in [0.25, 0.3) is 0 Å². The second-order valence-corrected chi connectivity index (χ2v) is 8.46. The molecule has 3 aromatic rings. The fourth-order valence-electron chi connectivity index (χ4n) is 4.91. The van der Waals surface area contributed by atoms with E-state index in [-0.39, 0.29) is 6.04 Å². The molecule has 5 rings (SSSR count). The van der Waals surface area contributed by atoms with E-state index in [2.05, 4.69) is 38.3 Å². The average Bonchev–Trinajstić information content (AvgIpc) is 2.92. The summed E-state index contributed by atoms with van der Waals surface area (Å²) in [4.78, 5) is 20.1. The molecule has 2 aliphatic heterocycles. The number of hydrogen-bond donors (Lipinski definition) is 1. The smallest absolute Gasteiger partial charge is 0.363 e. The van der Waals surface area contributed by atoms with Gasteiger partial charge < -0.3 is 15.1 Å². The fourth-order valence-corrected chi connectivity index (χ4v) is 4.91. The predicted molar refractivity (Wildman–Crippen MR) is 121 cm³/mol. The minimum Gasteiger partial charge on any atom is -0.363 e. The van der Waals surface area contributed by atoms with Crippen molar-refractivity contribution in [3.63, 3.8) is 0 Å². The van der Waals surface area contributed by atoms with Crippen molar-refractivity contribution in [2.75, 3.05) is 23.4 Å². The SMILES string of the molecule is CN1c2ccccc2[C@H]2C[C@@H](NC(=O)C(F)(F)F)CCN2c2ccc(-c3ccncc3)cc21. The maximum absolute atomic E-state index is 12.8. The summed E-state index contributed by atoms with van der Waals surface area (Å²) in [5, 5.41) is 2.20. The molecule has 2 aromatic carbocycles. The topological polar surface area (TPSA) is 48.5 Å². The zero-order valence-corrected chi connectivity index (χ0v) is 18.0. The largest absolute Gasteiger partial charge is 0.471 e. The zero-order chi connectivity index (χ0) is 23.2. The van der Waals surface area contributed by atoms with Gasteiger partial charge in [-0.3, -0.25) is 9.78 Å². The minimum atomic E-state index is -4.88. The summed E-state index contributed by atoms with van der Waals surface area (Å²) in [6.45, 7) is 0.539. The first-order valence-electron chi connectivity index (χ1n) is 10.8. The summed E-state index contributed by atoms with van der Waals surface area (Å²) in [7, 11) is 2.01. The van der Waals surface area contributed by atoms with Crippen LogP contribution in [0.25, 0.3) is 11.1 Å². The molecular formula is C25H23F3N4O. The molecule has 0 aliphatic carbocycles. The third-order valence-corrected chi connectivity index (χ3v) is 6.51. The van der Waals surface area contributed by atoms with Gasteiger partial charge in [0.15, 0.2) is 0 Å². The van der Waals surface area contributed by atoms with E-state index in [1.807, 2.05) is 43.4 Å². The molecule has 0 unspecified atom stereocenters. The summed E-state index contributed by atoms with van der Waals surface area (Å²) in [6, 6.07) is 17.5. The Balaban J connectivity index is 1.55. The van der Waals surface area contributed by atoms with Crippen LogP contribution in [0.2, 0.25) is 0 Å². The van der Waals surface area contributed by atoms with Gasteiger partial charge in [-0.1, -0.05) is 24.3 Å². The number of anilines is 3. The number of carbonyl (C=O) groups excluding carboxylic acids is 1. The predicted octanol–water partition coefficient (Wildman–Crippen LogP) is 5.22. The normalized spacial score (nSPS) is 19.8. The zero-order valence-electron chi connectivity index (χ0n) is 18.0. The summed E-state index contributed by atoms with van der Waals surface area (Å²) in [6.07, 6.45) is -0.519. The first-order chi connectivity index (χ1) is 15.8. The van der Waals surface area contributed by atoms with Crippen molar-refractivity contribution in [1.29, 1.82) is 0 Å². The molecule has 1 aromatic heterocycles. The standard InChI is InChI=1S/C25H23F3N4O/c1-31-20-5-3-2-4-19(20)22-15-18(30-24(33)25(26,27)28)10-13-32(22)21-7-6-17(14-23(21)31)16-8-11-29-12-9-16/h2-9,11-12,14,18,22H,10,13,15H2,1H3,(H,30,33)/t18-,22+/m0/s1. The van der Waals surface area contributed by atoms with Crippen LogP contribution in [0.15, 0.2) is 67.0 Å². The lowest BCUT2D eigenvalue weighted by Gasteiger charge is -2.41. The number of alkyl halides is 3. The maximum Gasteiger partial charge on any atom is 0.471 e. The Bertz CT molecular complexity index is 1180. The number of benzene rings is 2. The molecule has 3 heterocycles. The Kier molecular flexibility index (Phi) is 5.23. The number of nitrogens with one attached hydrogen (secondary N) is 1. The van der Waals surface area contributed by atoms with Gasteiger partial charge in [-0.2, -0.15) is 13.2 Å². The van der Waals surface area contributed by atoms with Gasteiger partial charge in [0.05, 0.1) is 17.4 Å². The van der Waals surface area contributed by atoms with Crippen LogP contribution in [0.1, 0.15) is 24.4 Å². The van der Waals surface area contributed by atoms with Crippen molar-refractivity contribution in [3.8, 4) is 11.1 Å². The van der Waals surface area contributed by atoms with Crippen LogP contribution in [0.3, 0.4) is 0 Å². The second-order valence-electron chi connectivity index (χ2n) is 8.46. The second kappa shape index (κ2) is 8.10. The van der Waals surface area contributed by atoms with Crippen molar-refractivity contribution in [2.45, 2.75) is 31.1 Å². The monoisotopic (exact) mass is 452 g/mol.